The molecule has 0 saturated carbocycles. The third kappa shape index (κ3) is 6.83. The maximum atomic E-state index is 13.6. The molecule has 2 bridgehead atoms. The standard InChI is InChI=1S/C35H39Cl2N5O3S/c1-22-8-10-26(11-9-22)41-33(21-32(40-41)35(2,3)4)39-34(43)38-25-7-5-6-23(17-25)16-24-18-27-12-13-28(19-24)42(27)46(44,45)29-14-15-30(36)31(37)20-29/h5-11,14-15,17,20-21,24,27-28H,12-13,16,18-19H2,1-4H3,(H2,38,39,43). The molecule has 0 spiro atoms. The first kappa shape index (κ1) is 32.6. The lowest BCUT2D eigenvalue weighted by Gasteiger charge is -2.38. The Morgan fingerprint density at radius 2 is 1.61 bits per heavy atom. The molecule has 46 heavy (non-hydrogen) atoms. The van der Waals surface area contributed by atoms with Crippen LogP contribution >= 0.6 is 23.2 Å². The van der Waals surface area contributed by atoms with Crippen molar-refractivity contribution < 1.29 is 13.2 Å². The highest BCUT2D eigenvalue weighted by Crippen LogP contribution is 2.43. The number of sulfonamides is 1. The van der Waals surface area contributed by atoms with Gasteiger partial charge in [-0.3, -0.25) is 5.32 Å². The number of nitrogens with zero attached hydrogens (tertiary/aromatic N) is 3. The van der Waals surface area contributed by atoms with Gasteiger partial charge >= 0.3 is 6.03 Å². The largest absolute Gasteiger partial charge is 0.324 e. The summed E-state index contributed by atoms with van der Waals surface area (Å²) in [5, 5.41) is 11.4. The van der Waals surface area contributed by atoms with E-state index in [2.05, 4.69) is 37.5 Å². The highest BCUT2D eigenvalue weighted by molar-refractivity contribution is 7.89. The molecule has 2 unspecified atom stereocenters. The third-order valence-electron chi connectivity index (χ3n) is 8.94. The second-order valence-electron chi connectivity index (χ2n) is 13.5. The number of fused-ring (bicyclic) bond motifs is 2. The van der Waals surface area contributed by atoms with Crippen LogP contribution in [0.25, 0.3) is 5.69 Å². The van der Waals surface area contributed by atoms with Crippen molar-refractivity contribution >= 4 is 50.8 Å². The number of anilines is 2. The Bertz CT molecular complexity index is 1850. The van der Waals surface area contributed by atoms with Gasteiger partial charge < -0.3 is 5.32 Å². The van der Waals surface area contributed by atoms with E-state index in [4.69, 9.17) is 28.3 Å². The van der Waals surface area contributed by atoms with Crippen LogP contribution in [0.3, 0.4) is 0 Å². The minimum atomic E-state index is -3.68. The number of benzene rings is 3. The maximum Gasteiger partial charge on any atom is 0.324 e. The maximum absolute atomic E-state index is 13.6. The number of aryl methyl sites for hydroxylation is 1. The molecule has 2 aliphatic rings. The first-order valence-electron chi connectivity index (χ1n) is 15.6. The third-order valence-corrected chi connectivity index (χ3v) is 11.7. The van der Waals surface area contributed by atoms with Gasteiger partial charge in [0.05, 0.1) is 26.3 Å². The highest BCUT2D eigenvalue weighted by atomic mass is 35.5. The summed E-state index contributed by atoms with van der Waals surface area (Å²) >= 11 is 12.2. The molecule has 2 atom stereocenters. The molecule has 8 nitrogen and oxygen atoms in total. The predicted molar refractivity (Wildman–Crippen MR) is 185 cm³/mol. The van der Waals surface area contributed by atoms with Crippen molar-refractivity contribution in [3.05, 3.63) is 99.7 Å². The smallest absolute Gasteiger partial charge is 0.308 e. The van der Waals surface area contributed by atoms with Crippen molar-refractivity contribution in [1.29, 1.82) is 0 Å². The van der Waals surface area contributed by atoms with E-state index in [0.29, 0.717) is 22.4 Å². The Balaban J connectivity index is 1.12. The van der Waals surface area contributed by atoms with Crippen LogP contribution in [0.1, 0.15) is 63.3 Å². The molecule has 1 aromatic heterocycles. The fraction of sp³-hybridized carbons (Fsp3) is 0.371. The van der Waals surface area contributed by atoms with E-state index in [1.807, 2.05) is 55.5 Å². The van der Waals surface area contributed by atoms with E-state index in [1.165, 1.54) is 18.2 Å². The Labute approximate surface area is 281 Å². The predicted octanol–water partition coefficient (Wildman–Crippen LogP) is 8.60. The average Bonchev–Trinajstić information content (AvgIpc) is 3.54. The SMILES string of the molecule is Cc1ccc(-n2nc(C(C)(C)C)cc2NC(=O)Nc2cccc(CC3CC4CCC(C3)N4S(=O)(=O)c3ccc(Cl)c(Cl)c3)c2)cc1. The summed E-state index contributed by atoms with van der Waals surface area (Å²) in [6.45, 7) is 8.31. The summed E-state index contributed by atoms with van der Waals surface area (Å²) < 4.78 is 30.7. The molecular formula is C35H39Cl2N5O3S. The fourth-order valence-corrected chi connectivity index (χ4v) is 8.95. The molecule has 2 N–H and O–H groups in total. The number of amides is 2. The Morgan fingerprint density at radius 1 is 0.913 bits per heavy atom. The molecular weight excluding hydrogens is 641 g/mol. The van der Waals surface area contributed by atoms with Crippen LogP contribution in [-0.2, 0) is 21.9 Å². The molecule has 0 aliphatic carbocycles. The topological polar surface area (TPSA) is 96.3 Å². The van der Waals surface area contributed by atoms with Gasteiger partial charge in [0, 0.05) is 29.3 Å². The van der Waals surface area contributed by atoms with Crippen LogP contribution in [0.15, 0.2) is 77.7 Å². The van der Waals surface area contributed by atoms with Gasteiger partial charge in [-0.05, 0) is 93.0 Å². The number of halogens is 2. The second kappa shape index (κ2) is 12.7. The zero-order chi connectivity index (χ0) is 32.8. The van der Waals surface area contributed by atoms with Crippen LogP contribution in [0.2, 0.25) is 10.0 Å². The van der Waals surface area contributed by atoms with Crippen molar-refractivity contribution in [1.82, 2.24) is 14.1 Å². The molecule has 2 fully saturated rings. The number of hydrogen-bond acceptors (Lipinski definition) is 4. The summed E-state index contributed by atoms with van der Waals surface area (Å²) in [4.78, 5) is 13.4. The molecule has 0 radical (unpaired) electrons. The quantitative estimate of drug-likeness (QED) is 0.204. The van der Waals surface area contributed by atoms with Crippen molar-refractivity contribution in [3.8, 4) is 5.69 Å². The fourth-order valence-electron chi connectivity index (χ4n) is 6.67. The number of rotatable bonds is 7. The van der Waals surface area contributed by atoms with Gasteiger partial charge in [-0.2, -0.15) is 9.40 Å². The van der Waals surface area contributed by atoms with E-state index in [1.54, 1.807) is 8.99 Å². The number of urea groups is 1. The van der Waals surface area contributed by atoms with E-state index >= 15 is 0 Å². The number of carbonyl (C=O) groups excluding carboxylic acids is 1. The van der Waals surface area contributed by atoms with E-state index in [-0.39, 0.29) is 33.4 Å². The van der Waals surface area contributed by atoms with Gasteiger partial charge in [-0.15, -0.1) is 0 Å². The van der Waals surface area contributed by atoms with Gasteiger partial charge in [0.15, 0.2) is 0 Å². The number of nitrogens with one attached hydrogen (secondary N) is 2. The molecule has 3 aromatic carbocycles. The van der Waals surface area contributed by atoms with Crippen LogP contribution in [0.5, 0.6) is 0 Å². The van der Waals surface area contributed by atoms with Gasteiger partial charge in [0.1, 0.15) is 5.82 Å². The van der Waals surface area contributed by atoms with E-state index in [0.717, 1.165) is 54.6 Å². The summed E-state index contributed by atoms with van der Waals surface area (Å²) in [6, 6.07) is 21.9. The number of carbonyl (C=O) groups is 1. The molecule has 11 heteroatoms. The van der Waals surface area contributed by atoms with E-state index < -0.39 is 10.0 Å². The first-order chi connectivity index (χ1) is 21.8. The molecule has 242 valence electrons. The average molecular weight is 681 g/mol. The van der Waals surface area contributed by atoms with Gasteiger partial charge in [0.2, 0.25) is 10.0 Å². The lowest BCUT2D eigenvalue weighted by Crippen LogP contribution is -2.46. The van der Waals surface area contributed by atoms with Crippen molar-refractivity contribution in [2.45, 2.75) is 82.2 Å². The summed E-state index contributed by atoms with van der Waals surface area (Å²) in [5.41, 5.74) is 4.47. The summed E-state index contributed by atoms with van der Waals surface area (Å²) in [5.74, 6) is 0.919. The normalized spacial score (nSPS) is 20.1. The Hall–Kier alpha value is -3.37. The van der Waals surface area contributed by atoms with Crippen molar-refractivity contribution in [3.63, 3.8) is 0 Å². The summed E-state index contributed by atoms with van der Waals surface area (Å²) in [6.07, 6.45) is 4.07. The van der Waals surface area contributed by atoms with Crippen molar-refractivity contribution in [2.24, 2.45) is 5.92 Å². The van der Waals surface area contributed by atoms with Crippen molar-refractivity contribution in [2.75, 3.05) is 10.6 Å². The molecule has 3 heterocycles. The summed E-state index contributed by atoms with van der Waals surface area (Å²) in [7, 11) is -3.68. The second-order valence-corrected chi connectivity index (χ2v) is 16.2. The minimum absolute atomic E-state index is 0.0494. The van der Waals surface area contributed by atoms with Crippen LogP contribution in [0, 0.1) is 12.8 Å². The monoisotopic (exact) mass is 679 g/mol. The molecule has 4 aromatic rings. The Kier molecular flexibility index (Phi) is 8.97. The molecule has 2 saturated heterocycles. The zero-order valence-electron chi connectivity index (χ0n) is 26.4. The number of aromatic nitrogens is 2. The molecule has 2 amide bonds. The molecule has 6 rings (SSSR count). The van der Waals surface area contributed by atoms with Crippen LogP contribution in [0.4, 0.5) is 16.3 Å². The van der Waals surface area contributed by atoms with Gasteiger partial charge in [0.25, 0.3) is 0 Å². The number of hydrogen-bond donors (Lipinski definition) is 2. The van der Waals surface area contributed by atoms with E-state index in [9.17, 15) is 13.2 Å². The molecule has 2 aliphatic heterocycles. The van der Waals surface area contributed by atoms with Crippen LogP contribution in [-0.4, -0.2) is 40.6 Å². The lowest BCUT2D eigenvalue weighted by molar-refractivity contribution is 0.190. The first-order valence-corrected chi connectivity index (χ1v) is 17.8. The minimum Gasteiger partial charge on any atom is -0.308 e. The van der Waals surface area contributed by atoms with Crippen LogP contribution < -0.4 is 10.6 Å². The Morgan fingerprint density at radius 3 is 2.26 bits per heavy atom. The number of piperidine rings is 1. The lowest BCUT2D eigenvalue weighted by atomic mass is 9.87. The van der Waals surface area contributed by atoms with Gasteiger partial charge in [-0.1, -0.05) is 73.8 Å². The zero-order valence-corrected chi connectivity index (χ0v) is 28.8. The highest BCUT2D eigenvalue weighted by Gasteiger charge is 2.47. The van der Waals surface area contributed by atoms with Gasteiger partial charge in [-0.25, -0.2) is 17.9 Å².